The molecule has 1 aromatic rings. The maximum absolute atomic E-state index is 12.0. The monoisotopic (exact) mass is 367 g/mol. The number of hydrogen-bond acceptors (Lipinski definition) is 5. The molecule has 2 N–H and O–H groups in total. The third-order valence-electron chi connectivity index (χ3n) is 3.06. The number of hydrogen-bond donors (Lipinski definition) is 2. The molecular weight excluding hydrogens is 350 g/mol. The Balaban J connectivity index is 1.67. The lowest BCUT2D eigenvalue weighted by Crippen LogP contribution is -2.44. The molecule has 2 rings (SSSR count). The molecule has 1 aliphatic heterocycles. The topological polar surface area (TPSA) is 87.7 Å². The molecular formula is C12H18ClN3O4S2. The van der Waals surface area contributed by atoms with Gasteiger partial charge in [0.05, 0.1) is 29.8 Å². The number of thiophene rings is 1. The van der Waals surface area contributed by atoms with Crippen molar-refractivity contribution >= 4 is 39.0 Å². The predicted molar refractivity (Wildman–Crippen MR) is 85.7 cm³/mol. The van der Waals surface area contributed by atoms with Gasteiger partial charge >= 0.3 is 6.03 Å². The molecule has 0 saturated carbocycles. The summed E-state index contributed by atoms with van der Waals surface area (Å²) in [6, 6.07) is 3.19. The third kappa shape index (κ3) is 5.40. The van der Waals surface area contributed by atoms with Crippen molar-refractivity contribution in [3.05, 3.63) is 21.3 Å². The molecule has 10 heteroatoms. The van der Waals surface area contributed by atoms with Gasteiger partial charge in [0, 0.05) is 24.5 Å². The fraction of sp³-hybridized carbons (Fsp3) is 0.583. The number of urea groups is 1. The number of carbonyl (C=O) groups is 1. The van der Waals surface area contributed by atoms with Gasteiger partial charge in [-0.25, -0.2) is 13.2 Å². The van der Waals surface area contributed by atoms with Crippen LogP contribution >= 0.6 is 22.9 Å². The van der Waals surface area contributed by atoms with Crippen LogP contribution in [-0.4, -0.2) is 57.4 Å². The molecule has 2 heterocycles. The van der Waals surface area contributed by atoms with E-state index in [4.69, 9.17) is 16.3 Å². The highest BCUT2D eigenvalue weighted by Crippen LogP contribution is 2.20. The van der Waals surface area contributed by atoms with Gasteiger partial charge in [-0.3, -0.25) is 0 Å². The fourth-order valence-electron chi connectivity index (χ4n) is 1.92. The molecule has 0 atom stereocenters. The number of ether oxygens (including phenoxy) is 1. The Kier molecular flexibility index (Phi) is 6.45. The average molecular weight is 368 g/mol. The number of amides is 2. The first kappa shape index (κ1) is 17.5. The summed E-state index contributed by atoms with van der Waals surface area (Å²) >= 11 is 7.18. The highest BCUT2D eigenvalue weighted by atomic mass is 35.5. The average Bonchev–Trinajstić information content (AvgIpc) is 2.91. The van der Waals surface area contributed by atoms with Crippen LogP contribution < -0.4 is 10.6 Å². The molecule has 0 bridgehead atoms. The number of sulfonamides is 1. The normalized spacial score (nSPS) is 16.4. The number of rotatable bonds is 6. The minimum Gasteiger partial charge on any atom is -0.379 e. The first-order valence-electron chi connectivity index (χ1n) is 6.79. The van der Waals surface area contributed by atoms with Crippen LogP contribution in [0.1, 0.15) is 4.88 Å². The highest BCUT2D eigenvalue weighted by Gasteiger charge is 2.23. The van der Waals surface area contributed by atoms with Gasteiger partial charge in [0.1, 0.15) is 0 Å². The first-order chi connectivity index (χ1) is 10.5. The molecule has 1 saturated heterocycles. The van der Waals surface area contributed by atoms with E-state index in [-0.39, 0.29) is 12.3 Å². The fourth-order valence-corrected chi connectivity index (χ4v) is 4.27. The summed E-state index contributed by atoms with van der Waals surface area (Å²) in [5.74, 6) is -0.120. The SMILES string of the molecule is O=C(NCCS(=O)(=O)N1CCOCC1)NCc1ccc(Cl)s1. The standard InChI is InChI=1S/C12H18ClN3O4S2/c13-11-2-1-10(21-11)9-15-12(17)14-3-8-22(18,19)16-4-6-20-7-5-16/h1-2H,3-9H2,(H2,14,15,17). The lowest BCUT2D eigenvalue weighted by molar-refractivity contribution is 0.0730. The van der Waals surface area contributed by atoms with Crippen LogP contribution in [0, 0.1) is 0 Å². The summed E-state index contributed by atoms with van der Waals surface area (Å²) in [6.45, 7) is 1.99. The molecule has 1 aliphatic rings. The van der Waals surface area contributed by atoms with Gasteiger partial charge in [-0.2, -0.15) is 4.31 Å². The number of nitrogens with zero attached hydrogens (tertiary/aromatic N) is 1. The molecule has 0 aromatic carbocycles. The number of halogens is 1. The van der Waals surface area contributed by atoms with Crippen LogP contribution in [0.3, 0.4) is 0 Å². The van der Waals surface area contributed by atoms with E-state index in [1.807, 2.05) is 6.07 Å². The van der Waals surface area contributed by atoms with Crippen molar-refractivity contribution in [2.75, 3.05) is 38.6 Å². The second-order valence-electron chi connectivity index (χ2n) is 4.64. The Morgan fingerprint density at radius 2 is 2.05 bits per heavy atom. The largest absolute Gasteiger partial charge is 0.379 e. The van der Waals surface area contributed by atoms with E-state index in [1.54, 1.807) is 6.07 Å². The molecule has 0 unspecified atom stereocenters. The number of carbonyl (C=O) groups excluding carboxylic acids is 1. The molecule has 0 radical (unpaired) electrons. The van der Waals surface area contributed by atoms with Crippen molar-refractivity contribution in [1.29, 1.82) is 0 Å². The summed E-state index contributed by atoms with van der Waals surface area (Å²) < 4.78 is 31.2. The van der Waals surface area contributed by atoms with E-state index < -0.39 is 16.1 Å². The Morgan fingerprint density at radius 1 is 1.32 bits per heavy atom. The van der Waals surface area contributed by atoms with Crippen LogP contribution in [0.4, 0.5) is 4.79 Å². The van der Waals surface area contributed by atoms with Crippen LogP contribution in [-0.2, 0) is 21.3 Å². The zero-order valence-electron chi connectivity index (χ0n) is 11.9. The molecule has 0 spiro atoms. The minimum absolute atomic E-state index is 0.0662. The molecule has 7 nitrogen and oxygen atoms in total. The Hall–Kier alpha value is -0.870. The van der Waals surface area contributed by atoms with Gasteiger partial charge in [0.2, 0.25) is 10.0 Å². The minimum atomic E-state index is -3.35. The van der Waals surface area contributed by atoms with E-state index >= 15 is 0 Å². The Bertz CT molecular complexity index is 599. The second kappa shape index (κ2) is 8.11. The van der Waals surface area contributed by atoms with Gasteiger partial charge in [0.25, 0.3) is 0 Å². The third-order valence-corrected chi connectivity index (χ3v) is 6.16. The maximum Gasteiger partial charge on any atom is 0.315 e. The quantitative estimate of drug-likeness (QED) is 0.780. The number of nitrogens with one attached hydrogen (secondary N) is 2. The lowest BCUT2D eigenvalue weighted by atomic mass is 10.5. The van der Waals surface area contributed by atoms with E-state index in [9.17, 15) is 13.2 Å². The second-order valence-corrected chi connectivity index (χ2v) is 8.53. The van der Waals surface area contributed by atoms with Gasteiger partial charge in [-0.15, -0.1) is 11.3 Å². The van der Waals surface area contributed by atoms with E-state index in [0.29, 0.717) is 37.2 Å². The highest BCUT2D eigenvalue weighted by molar-refractivity contribution is 7.89. The Labute approximate surface area is 138 Å². The van der Waals surface area contributed by atoms with Crippen molar-refractivity contribution < 1.29 is 17.9 Å². The van der Waals surface area contributed by atoms with Gasteiger partial charge in [-0.1, -0.05) is 11.6 Å². The molecule has 124 valence electrons. The molecule has 1 aromatic heterocycles. The molecule has 1 fully saturated rings. The summed E-state index contributed by atoms with van der Waals surface area (Å²) in [4.78, 5) is 12.5. The summed E-state index contributed by atoms with van der Waals surface area (Å²) in [5, 5.41) is 5.19. The molecule has 2 amide bonds. The molecule has 22 heavy (non-hydrogen) atoms. The van der Waals surface area contributed by atoms with E-state index in [0.717, 1.165) is 4.88 Å². The molecule has 0 aliphatic carbocycles. The van der Waals surface area contributed by atoms with Gasteiger partial charge < -0.3 is 15.4 Å². The van der Waals surface area contributed by atoms with E-state index in [2.05, 4.69) is 10.6 Å². The zero-order chi connectivity index (χ0) is 16.0. The lowest BCUT2D eigenvalue weighted by Gasteiger charge is -2.26. The van der Waals surface area contributed by atoms with Gasteiger partial charge in [0.15, 0.2) is 0 Å². The van der Waals surface area contributed by atoms with Crippen LogP contribution in [0.25, 0.3) is 0 Å². The summed E-state index contributed by atoms with van der Waals surface area (Å²) in [5.41, 5.74) is 0. The smallest absolute Gasteiger partial charge is 0.315 e. The first-order valence-corrected chi connectivity index (χ1v) is 9.59. The Morgan fingerprint density at radius 3 is 2.68 bits per heavy atom. The van der Waals surface area contributed by atoms with Crippen molar-refractivity contribution in [1.82, 2.24) is 14.9 Å². The maximum atomic E-state index is 12.0. The van der Waals surface area contributed by atoms with E-state index in [1.165, 1.54) is 15.6 Å². The zero-order valence-corrected chi connectivity index (χ0v) is 14.3. The van der Waals surface area contributed by atoms with Crippen LogP contribution in [0.5, 0.6) is 0 Å². The van der Waals surface area contributed by atoms with Crippen molar-refractivity contribution in [3.63, 3.8) is 0 Å². The summed E-state index contributed by atoms with van der Waals surface area (Å²) in [7, 11) is -3.35. The number of morpholine rings is 1. The van der Waals surface area contributed by atoms with Crippen molar-refractivity contribution in [2.45, 2.75) is 6.54 Å². The van der Waals surface area contributed by atoms with Crippen LogP contribution in [0.2, 0.25) is 4.34 Å². The predicted octanol–water partition coefficient (Wildman–Crippen LogP) is 0.863. The van der Waals surface area contributed by atoms with Crippen LogP contribution in [0.15, 0.2) is 12.1 Å². The van der Waals surface area contributed by atoms with Crippen molar-refractivity contribution in [2.24, 2.45) is 0 Å². The summed E-state index contributed by atoms with van der Waals surface area (Å²) in [6.07, 6.45) is 0. The van der Waals surface area contributed by atoms with Gasteiger partial charge in [-0.05, 0) is 12.1 Å². The van der Waals surface area contributed by atoms with Crippen molar-refractivity contribution in [3.8, 4) is 0 Å².